The lowest BCUT2D eigenvalue weighted by molar-refractivity contribution is 0.306. The fraction of sp³-hybridized carbons (Fsp3) is 0.500. The van der Waals surface area contributed by atoms with E-state index in [1.807, 2.05) is 19.4 Å². The van der Waals surface area contributed by atoms with E-state index in [9.17, 15) is 0 Å². The molecule has 0 aromatic carbocycles. The Hall–Kier alpha value is -1.20. The van der Waals surface area contributed by atoms with Gasteiger partial charge in [0.15, 0.2) is 0 Å². The van der Waals surface area contributed by atoms with Crippen LogP contribution < -0.4 is 4.74 Å². The Morgan fingerprint density at radius 3 is 2.80 bits per heavy atom. The minimum atomic E-state index is 0.471. The molecule has 3 rings (SSSR count). The lowest BCUT2D eigenvalue weighted by Gasteiger charge is -2.10. The van der Waals surface area contributed by atoms with Gasteiger partial charge in [-0.05, 0) is 26.7 Å². The van der Waals surface area contributed by atoms with Crippen LogP contribution in [0.1, 0.15) is 40.7 Å². The van der Waals surface area contributed by atoms with Crippen LogP contribution >= 0.6 is 22.9 Å². The summed E-state index contributed by atoms with van der Waals surface area (Å²) in [6.45, 7) is 4.50. The van der Waals surface area contributed by atoms with Crippen LogP contribution in [0.25, 0.3) is 0 Å². The molecule has 0 unspecified atom stereocenters. The van der Waals surface area contributed by atoms with E-state index in [0.29, 0.717) is 23.6 Å². The van der Waals surface area contributed by atoms with E-state index in [4.69, 9.17) is 16.3 Å². The van der Waals surface area contributed by atoms with Crippen molar-refractivity contribution in [3.05, 3.63) is 32.6 Å². The molecule has 1 aliphatic rings. The van der Waals surface area contributed by atoms with E-state index in [1.165, 1.54) is 4.88 Å². The van der Waals surface area contributed by atoms with Gasteiger partial charge in [0, 0.05) is 22.8 Å². The maximum atomic E-state index is 6.16. The third-order valence-electron chi connectivity index (χ3n) is 3.41. The highest BCUT2D eigenvalue weighted by molar-refractivity contribution is 7.09. The molecule has 0 radical (unpaired) electrons. The molecular formula is C14H16ClN3OS. The van der Waals surface area contributed by atoms with Crippen LogP contribution in [0.15, 0.2) is 5.51 Å². The highest BCUT2D eigenvalue weighted by atomic mass is 35.5. The summed E-state index contributed by atoms with van der Waals surface area (Å²) < 4.78 is 5.81. The number of ether oxygens (including phenoxy) is 1. The molecule has 0 bridgehead atoms. The topological polar surface area (TPSA) is 47.9 Å². The number of halogens is 1. The summed E-state index contributed by atoms with van der Waals surface area (Å²) in [4.78, 5) is 14.3. The lowest BCUT2D eigenvalue weighted by atomic mass is 10.3. The van der Waals surface area contributed by atoms with Gasteiger partial charge in [-0.1, -0.05) is 11.6 Å². The number of hydrogen-bond acceptors (Lipinski definition) is 5. The normalized spacial score (nSPS) is 14.6. The molecule has 4 nitrogen and oxygen atoms in total. The van der Waals surface area contributed by atoms with Crippen molar-refractivity contribution in [1.29, 1.82) is 0 Å². The van der Waals surface area contributed by atoms with Crippen molar-refractivity contribution < 1.29 is 4.74 Å². The molecule has 0 N–H and O–H groups in total. The predicted molar refractivity (Wildman–Crippen MR) is 79.8 cm³/mol. The van der Waals surface area contributed by atoms with Crippen molar-refractivity contribution in [2.45, 2.75) is 39.0 Å². The number of aryl methyl sites for hydroxylation is 1. The fourth-order valence-corrected chi connectivity index (χ4v) is 2.89. The molecule has 6 heteroatoms. The third-order valence-corrected chi connectivity index (χ3v) is 4.78. The van der Waals surface area contributed by atoms with Gasteiger partial charge >= 0.3 is 0 Å². The van der Waals surface area contributed by atoms with Crippen LogP contribution in [-0.2, 0) is 6.42 Å². The average Bonchev–Trinajstić information content (AvgIpc) is 3.19. The van der Waals surface area contributed by atoms with E-state index in [-0.39, 0.29) is 0 Å². The second-order valence-corrected chi connectivity index (χ2v) is 6.33. The average molecular weight is 310 g/mol. The summed E-state index contributed by atoms with van der Waals surface area (Å²) >= 11 is 7.82. The molecule has 20 heavy (non-hydrogen) atoms. The molecule has 0 aliphatic heterocycles. The highest BCUT2D eigenvalue weighted by Crippen LogP contribution is 2.39. The van der Waals surface area contributed by atoms with Crippen molar-refractivity contribution in [2.24, 2.45) is 0 Å². The Morgan fingerprint density at radius 1 is 1.35 bits per heavy atom. The first-order valence-electron chi connectivity index (χ1n) is 6.71. The van der Waals surface area contributed by atoms with Crippen molar-refractivity contribution in [3.8, 4) is 5.88 Å². The molecule has 1 saturated carbocycles. The summed E-state index contributed by atoms with van der Waals surface area (Å²) in [5.74, 6) is 1.91. The van der Waals surface area contributed by atoms with E-state index >= 15 is 0 Å². The van der Waals surface area contributed by atoms with E-state index in [0.717, 1.165) is 36.3 Å². The molecule has 2 aromatic rings. The number of aromatic nitrogens is 3. The van der Waals surface area contributed by atoms with Crippen LogP contribution in [0.5, 0.6) is 5.88 Å². The Labute approximate surface area is 127 Å². The summed E-state index contributed by atoms with van der Waals surface area (Å²) in [6, 6.07) is 0. The number of rotatable bonds is 5. The Balaban J connectivity index is 1.68. The molecule has 1 fully saturated rings. The molecule has 0 spiro atoms. The minimum Gasteiger partial charge on any atom is -0.477 e. The molecule has 2 aromatic heterocycles. The van der Waals surface area contributed by atoms with Crippen molar-refractivity contribution >= 4 is 22.9 Å². The SMILES string of the molecule is Cc1ncsc1CCOc1nc(C2CC2)nc(Cl)c1C. The van der Waals surface area contributed by atoms with Gasteiger partial charge < -0.3 is 4.74 Å². The van der Waals surface area contributed by atoms with Gasteiger partial charge in [-0.25, -0.2) is 9.97 Å². The van der Waals surface area contributed by atoms with Crippen molar-refractivity contribution in [1.82, 2.24) is 15.0 Å². The monoisotopic (exact) mass is 309 g/mol. The van der Waals surface area contributed by atoms with Crippen LogP contribution in [0, 0.1) is 13.8 Å². The molecule has 1 aliphatic carbocycles. The first-order valence-corrected chi connectivity index (χ1v) is 7.96. The molecule has 2 heterocycles. The predicted octanol–water partition coefficient (Wildman–Crippen LogP) is 3.70. The Bertz CT molecular complexity index is 625. The zero-order valence-electron chi connectivity index (χ0n) is 11.5. The van der Waals surface area contributed by atoms with Crippen LogP contribution in [0.3, 0.4) is 0 Å². The summed E-state index contributed by atoms with van der Waals surface area (Å²) in [5.41, 5.74) is 3.76. The van der Waals surface area contributed by atoms with Gasteiger partial charge in [-0.2, -0.15) is 4.98 Å². The number of hydrogen-bond donors (Lipinski definition) is 0. The smallest absolute Gasteiger partial charge is 0.221 e. The summed E-state index contributed by atoms with van der Waals surface area (Å²) in [6.07, 6.45) is 3.15. The highest BCUT2D eigenvalue weighted by Gasteiger charge is 2.28. The van der Waals surface area contributed by atoms with E-state index < -0.39 is 0 Å². The molecule has 106 valence electrons. The molecule has 0 saturated heterocycles. The minimum absolute atomic E-state index is 0.471. The van der Waals surface area contributed by atoms with Crippen molar-refractivity contribution in [3.63, 3.8) is 0 Å². The lowest BCUT2D eigenvalue weighted by Crippen LogP contribution is -2.07. The Kier molecular flexibility index (Phi) is 3.89. The first kappa shape index (κ1) is 13.8. The second-order valence-electron chi connectivity index (χ2n) is 5.04. The molecule has 0 amide bonds. The summed E-state index contributed by atoms with van der Waals surface area (Å²) in [5, 5.41) is 0.505. The second kappa shape index (κ2) is 5.66. The first-order chi connectivity index (χ1) is 9.65. The standard InChI is InChI=1S/C14H16ClN3OS/c1-8-12(15)17-13(10-3-4-10)18-14(8)19-6-5-11-9(2)16-7-20-11/h7,10H,3-6H2,1-2H3. The zero-order valence-corrected chi connectivity index (χ0v) is 13.1. The quantitative estimate of drug-likeness (QED) is 0.790. The fourth-order valence-electron chi connectivity index (χ4n) is 1.96. The zero-order chi connectivity index (χ0) is 14.1. The van der Waals surface area contributed by atoms with Gasteiger partial charge in [-0.3, -0.25) is 0 Å². The number of thiazole rings is 1. The van der Waals surface area contributed by atoms with Gasteiger partial charge in [0.05, 0.1) is 17.8 Å². The molecule has 0 atom stereocenters. The molecular weight excluding hydrogens is 294 g/mol. The Morgan fingerprint density at radius 2 is 2.15 bits per heavy atom. The van der Waals surface area contributed by atoms with Crippen molar-refractivity contribution in [2.75, 3.05) is 6.61 Å². The van der Waals surface area contributed by atoms with Crippen LogP contribution in [0.4, 0.5) is 0 Å². The maximum Gasteiger partial charge on any atom is 0.221 e. The van der Waals surface area contributed by atoms with Gasteiger partial charge in [-0.15, -0.1) is 11.3 Å². The van der Waals surface area contributed by atoms with Gasteiger partial charge in [0.25, 0.3) is 0 Å². The van der Waals surface area contributed by atoms with E-state index in [1.54, 1.807) is 11.3 Å². The largest absolute Gasteiger partial charge is 0.477 e. The van der Waals surface area contributed by atoms with Gasteiger partial charge in [0.2, 0.25) is 5.88 Å². The number of nitrogens with zero attached hydrogens (tertiary/aromatic N) is 3. The van der Waals surface area contributed by atoms with Crippen LogP contribution in [-0.4, -0.2) is 21.6 Å². The van der Waals surface area contributed by atoms with Crippen LogP contribution in [0.2, 0.25) is 5.15 Å². The van der Waals surface area contributed by atoms with E-state index in [2.05, 4.69) is 15.0 Å². The van der Waals surface area contributed by atoms with Gasteiger partial charge in [0.1, 0.15) is 11.0 Å². The third kappa shape index (κ3) is 2.94. The maximum absolute atomic E-state index is 6.16. The summed E-state index contributed by atoms with van der Waals surface area (Å²) in [7, 11) is 0.